The Morgan fingerprint density at radius 1 is 0.854 bits per heavy atom. The molecule has 0 fully saturated rings. The molecule has 0 aliphatic heterocycles. The van der Waals surface area contributed by atoms with Gasteiger partial charge in [0.25, 0.3) is 0 Å². The van der Waals surface area contributed by atoms with Gasteiger partial charge in [-0.05, 0) is 60.4 Å². The number of unbranched alkanes of at least 4 members (excludes halogenated alkanes) is 1. The highest BCUT2D eigenvalue weighted by molar-refractivity contribution is 7.92. The van der Waals surface area contributed by atoms with Gasteiger partial charge in [0.05, 0.1) is 11.9 Å². The van der Waals surface area contributed by atoms with E-state index in [1.54, 1.807) is 12.1 Å². The van der Waals surface area contributed by atoms with E-state index in [0.29, 0.717) is 17.8 Å². The second-order valence-electron chi connectivity index (χ2n) is 9.91. The van der Waals surface area contributed by atoms with Crippen LogP contribution in [-0.4, -0.2) is 50.5 Å². The van der Waals surface area contributed by atoms with Crippen molar-refractivity contribution in [3.05, 3.63) is 102 Å². The highest BCUT2D eigenvalue weighted by Crippen LogP contribution is 2.21. The molecule has 3 aromatic rings. The molecule has 2 amide bonds. The maximum absolute atomic E-state index is 13.7. The van der Waals surface area contributed by atoms with E-state index >= 15 is 0 Å². The Morgan fingerprint density at radius 3 is 2.05 bits per heavy atom. The summed E-state index contributed by atoms with van der Waals surface area (Å²) in [4.78, 5) is 28.7. The van der Waals surface area contributed by atoms with E-state index in [2.05, 4.69) is 5.32 Å². The van der Waals surface area contributed by atoms with Gasteiger partial charge in [-0.1, -0.05) is 55.8 Å². The Morgan fingerprint density at radius 2 is 1.46 bits per heavy atom. The first-order valence-corrected chi connectivity index (χ1v) is 15.5. The van der Waals surface area contributed by atoms with E-state index in [9.17, 15) is 26.8 Å². The first-order chi connectivity index (χ1) is 19.6. The lowest BCUT2D eigenvalue weighted by Crippen LogP contribution is -2.50. The molecule has 1 atom stereocenters. The van der Waals surface area contributed by atoms with Crippen molar-refractivity contribution in [3.63, 3.8) is 0 Å². The minimum absolute atomic E-state index is 0.00730. The fourth-order valence-electron chi connectivity index (χ4n) is 4.46. The third-order valence-electron chi connectivity index (χ3n) is 6.63. The van der Waals surface area contributed by atoms with Gasteiger partial charge in [0.15, 0.2) is 0 Å². The molecular weight excluding hydrogens is 548 g/mol. The zero-order chi connectivity index (χ0) is 29.8. The molecule has 7 nitrogen and oxygen atoms in total. The number of hydrogen-bond acceptors (Lipinski definition) is 4. The molecule has 0 spiro atoms. The predicted molar refractivity (Wildman–Crippen MR) is 157 cm³/mol. The molecule has 0 aliphatic rings. The number of rotatable bonds is 15. The van der Waals surface area contributed by atoms with Crippen molar-refractivity contribution in [2.24, 2.45) is 0 Å². The molecule has 0 radical (unpaired) electrons. The van der Waals surface area contributed by atoms with E-state index in [0.717, 1.165) is 29.0 Å². The van der Waals surface area contributed by atoms with Gasteiger partial charge in [0.1, 0.15) is 17.7 Å². The Kier molecular flexibility index (Phi) is 11.8. The molecule has 0 saturated carbocycles. The van der Waals surface area contributed by atoms with Crippen LogP contribution >= 0.6 is 0 Å². The van der Waals surface area contributed by atoms with Gasteiger partial charge in [-0.3, -0.25) is 13.9 Å². The third kappa shape index (κ3) is 9.97. The number of amides is 2. The zero-order valence-corrected chi connectivity index (χ0v) is 24.2. The monoisotopic (exact) mass is 585 g/mol. The molecule has 0 unspecified atom stereocenters. The van der Waals surface area contributed by atoms with Crippen LogP contribution in [0.3, 0.4) is 0 Å². The summed E-state index contributed by atoms with van der Waals surface area (Å²) >= 11 is 0. The van der Waals surface area contributed by atoms with Crippen molar-refractivity contribution in [3.8, 4) is 0 Å². The molecule has 3 aromatic carbocycles. The summed E-state index contributed by atoms with van der Waals surface area (Å²) in [5.74, 6) is -1.53. The number of nitrogens with one attached hydrogen (secondary N) is 1. The van der Waals surface area contributed by atoms with Crippen molar-refractivity contribution in [1.82, 2.24) is 10.2 Å². The van der Waals surface area contributed by atoms with Crippen LogP contribution in [0.25, 0.3) is 0 Å². The van der Waals surface area contributed by atoms with Gasteiger partial charge in [0, 0.05) is 32.5 Å². The standard InChI is InChI=1S/C31H37F2N3O4S/c1-3-4-20-34-31(38)29(22-24-9-6-5-7-10-24)35(23-25-12-14-26(32)15-13-25)30(37)11-8-21-36(41(2,39)40)28-18-16-27(33)17-19-28/h5-7,9-10,12-19,29H,3-4,8,11,20-23H2,1-2H3,(H,34,38)/t29-/m1/s1. The Hall–Kier alpha value is -3.79. The van der Waals surface area contributed by atoms with Crippen LogP contribution < -0.4 is 9.62 Å². The first-order valence-electron chi connectivity index (χ1n) is 13.7. The first kappa shape index (κ1) is 31.7. The van der Waals surface area contributed by atoms with Crippen LogP contribution in [0.2, 0.25) is 0 Å². The van der Waals surface area contributed by atoms with Crippen molar-refractivity contribution in [1.29, 1.82) is 0 Å². The summed E-state index contributed by atoms with van der Waals surface area (Å²) in [5.41, 5.74) is 1.82. The number of carbonyl (C=O) groups excluding carboxylic acids is 2. The Bertz CT molecular complexity index is 1370. The van der Waals surface area contributed by atoms with Crippen LogP contribution in [0.5, 0.6) is 0 Å². The Labute approximate surface area is 241 Å². The fraction of sp³-hybridized carbons (Fsp3) is 0.355. The quantitative estimate of drug-likeness (QED) is 0.253. The van der Waals surface area contributed by atoms with E-state index in [-0.39, 0.29) is 44.2 Å². The number of hydrogen-bond donors (Lipinski definition) is 1. The lowest BCUT2D eigenvalue weighted by atomic mass is 10.0. The van der Waals surface area contributed by atoms with Gasteiger partial charge in [0.2, 0.25) is 21.8 Å². The van der Waals surface area contributed by atoms with Crippen LogP contribution in [0.1, 0.15) is 43.7 Å². The Balaban J connectivity index is 1.86. The number of halogens is 2. The largest absolute Gasteiger partial charge is 0.354 e. The van der Waals surface area contributed by atoms with Gasteiger partial charge in [-0.2, -0.15) is 0 Å². The highest BCUT2D eigenvalue weighted by Gasteiger charge is 2.30. The van der Waals surface area contributed by atoms with Gasteiger partial charge >= 0.3 is 0 Å². The van der Waals surface area contributed by atoms with Crippen LogP contribution in [0.15, 0.2) is 78.9 Å². The fourth-order valence-corrected chi connectivity index (χ4v) is 5.42. The predicted octanol–water partition coefficient (Wildman–Crippen LogP) is 5.07. The minimum atomic E-state index is -3.70. The average molecular weight is 586 g/mol. The molecule has 1 N–H and O–H groups in total. The lowest BCUT2D eigenvalue weighted by molar-refractivity contribution is -0.141. The van der Waals surface area contributed by atoms with Gasteiger partial charge < -0.3 is 10.2 Å². The molecule has 3 rings (SSSR count). The maximum Gasteiger partial charge on any atom is 0.243 e. The smallest absolute Gasteiger partial charge is 0.243 e. The molecule has 10 heteroatoms. The third-order valence-corrected chi connectivity index (χ3v) is 7.83. The normalized spacial score (nSPS) is 12.0. The molecule has 220 valence electrons. The van der Waals surface area contributed by atoms with E-state index in [1.807, 2.05) is 37.3 Å². The van der Waals surface area contributed by atoms with Gasteiger partial charge in [-0.25, -0.2) is 17.2 Å². The van der Waals surface area contributed by atoms with Gasteiger partial charge in [-0.15, -0.1) is 0 Å². The number of sulfonamides is 1. The van der Waals surface area contributed by atoms with Crippen molar-refractivity contribution >= 4 is 27.5 Å². The lowest BCUT2D eigenvalue weighted by Gasteiger charge is -2.32. The molecule has 0 aromatic heterocycles. The van der Waals surface area contributed by atoms with Crippen LogP contribution in [0, 0.1) is 11.6 Å². The summed E-state index contributed by atoms with van der Waals surface area (Å²) in [5, 5.41) is 2.94. The SMILES string of the molecule is CCCCNC(=O)[C@@H](Cc1ccccc1)N(Cc1ccc(F)cc1)C(=O)CCCN(c1ccc(F)cc1)S(C)(=O)=O. The molecule has 41 heavy (non-hydrogen) atoms. The maximum atomic E-state index is 13.7. The van der Waals surface area contributed by atoms with Crippen LogP contribution in [-0.2, 0) is 32.6 Å². The second kappa shape index (κ2) is 15.3. The topological polar surface area (TPSA) is 86.8 Å². The summed E-state index contributed by atoms with van der Waals surface area (Å²) in [6, 6.07) is 19.4. The number of carbonyl (C=O) groups is 2. The average Bonchev–Trinajstić information content (AvgIpc) is 2.94. The molecule has 0 bridgehead atoms. The highest BCUT2D eigenvalue weighted by atomic mass is 32.2. The number of benzene rings is 3. The summed E-state index contributed by atoms with van der Waals surface area (Å²) in [6.45, 7) is 2.56. The van der Waals surface area contributed by atoms with Crippen molar-refractivity contribution in [2.45, 2.75) is 51.6 Å². The second-order valence-corrected chi connectivity index (χ2v) is 11.8. The van der Waals surface area contributed by atoms with E-state index < -0.39 is 27.7 Å². The van der Waals surface area contributed by atoms with E-state index in [1.165, 1.54) is 41.3 Å². The number of nitrogens with zero attached hydrogens (tertiary/aromatic N) is 2. The molecule has 0 heterocycles. The summed E-state index contributed by atoms with van der Waals surface area (Å²) in [7, 11) is -3.70. The van der Waals surface area contributed by atoms with Crippen molar-refractivity contribution < 1.29 is 26.8 Å². The minimum Gasteiger partial charge on any atom is -0.354 e. The van der Waals surface area contributed by atoms with Crippen LogP contribution in [0.4, 0.5) is 14.5 Å². The zero-order valence-electron chi connectivity index (χ0n) is 23.4. The number of anilines is 1. The molecular formula is C31H37F2N3O4S. The molecule has 0 aliphatic carbocycles. The van der Waals surface area contributed by atoms with Crippen molar-refractivity contribution in [2.75, 3.05) is 23.7 Å². The van der Waals surface area contributed by atoms with E-state index in [4.69, 9.17) is 0 Å². The summed E-state index contributed by atoms with van der Waals surface area (Å²) in [6.07, 6.45) is 3.14. The summed E-state index contributed by atoms with van der Waals surface area (Å²) < 4.78 is 53.1. The molecule has 0 saturated heterocycles.